The lowest BCUT2D eigenvalue weighted by atomic mass is 10.0. The van der Waals surface area contributed by atoms with Crippen LogP contribution in [0, 0.1) is 17.5 Å². The van der Waals surface area contributed by atoms with E-state index in [2.05, 4.69) is 0 Å². The predicted molar refractivity (Wildman–Crippen MR) is 56.8 cm³/mol. The summed E-state index contributed by atoms with van der Waals surface area (Å²) in [6, 6.07) is 0.876. The zero-order valence-electron chi connectivity index (χ0n) is 9.38. The fraction of sp³-hybridized carbons (Fsp3) is 0.333. The molecule has 0 aliphatic rings. The number of halogens is 3. The van der Waals surface area contributed by atoms with Gasteiger partial charge in [-0.1, -0.05) is 0 Å². The van der Waals surface area contributed by atoms with Crippen molar-refractivity contribution in [3.8, 4) is 0 Å². The maximum Gasteiger partial charge on any atom is 0.303 e. The molecule has 0 saturated carbocycles. The molecule has 1 rings (SSSR count). The molecule has 3 nitrogen and oxygen atoms in total. The monoisotopic (exact) mass is 260 g/mol. The minimum absolute atomic E-state index is 0.109. The summed E-state index contributed by atoms with van der Waals surface area (Å²) in [7, 11) is 0. The quantitative estimate of drug-likeness (QED) is 0.632. The SMILES string of the molecule is O=C(O)CCCCC(=O)c1c(F)cc(F)cc1F. The van der Waals surface area contributed by atoms with Crippen molar-refractivity contribution in [1.82, 2.24) is 0 Å². The Bertz CT molecular complexity index is 449. The molecule has 1 aromatic carbocycles. The Morgan fingerprint density at radius 2 is 1.50 bits per heavy atom. The second-order valence-corrected chi connectivity index (χ2v) is 3.77. The van der Waals surface area contributed by atoms with Gasteiger partial charge in [0.2, 0.25) is 0 Å². The van der Waals surface area contributed by atoms with Crippen molar-refractivity contribution >= 4 is 11.8 Å². The van der Waals surface area contributed by atoms with Gasteiger partial charge >= 0.3 is 5.97 Å². The third-order valence-electron chi connectivity index (χ3n) is 2.33. The fourth-order valence-electron chi connectivity index (χ4n) is 1.50. The fourth-order valence-corrected chi connectivity index (χ4v) is 1.50. The average Bonchev–Trinajstić information content (AvgIpc) is 2.22. The molecule has 0 aliphatic heterocycles. The highest BCUT2D eigenvalue weighted by atomic mass is 19.1. The van der Waals surface area contributed by atoms with Gasteiger partial charge in [-0.3, -0.25) is 9.59 Å². The lowest BCUT2D eigenvalue weighted by Gasteiger charge is -2.04. The highest BCUT2D eigenvalue weighted by Gasteiger charge is 2.18. The van der Waals surface area contributed by atoms with Crippen LogP contribution in [0.25, 0.3) is 0 Å². The predicted octanol–water partition coefficient (Wildman–Crippen LogP) is 2.93. The van der Waals surface area contributed by atoms with Crippen LogP contribution < -0.4 is 0 Å². The first-order chi connectivity index (χ1) is 8.41. The smallest absolute Gasteiger partial charge is 0.303 e. The molecule has 0 heterocycles. The molecule has 0 unspecified atom stereocenters. The summed E-state index contributed by atoms with van der Waals surface area (Å²) in [5.74, 6) is -5.36. The van der Waals surface area contributed by atoms with E-state index in [0.29, 0.717) is 12.1 Å². The van der Waals surface area contributed by atoms with Crippen LogP contribution >= 0.6 is 0 Å². The molecule has 0 radical (unpaired) electrons. The van der Waals surface area contributed by atoms with Gasteiger partial charge in [0, 0.05) is 25.0 Å². The Kier molecular flexibility index (Phi) is 4.88. The van der Waals surface area contributed by atoms with Gasteiger partial charge in [-0.05, 0) is 12.8 Å². The molecule has 0 atom stereocenters. The van der Waals surface area contributed by atoms with Gasteiger partial charge in [-0.25, -0.2) is 13.2 Å². The lowest BCUT2D eigenvalue weighted by Crippen LogP contribution is -2.07. The number of rotatable bonds is 6. The summed E-state index contributed by atoms with van der Waals surface area (Å²) in [6.07, 6.45) is 0.168. The summed E-state index contributed by atoms with van der Waals surface area (Å²) < 4.78 is 39.0. The zero-order valence-corrected chi connectivity index (χ0v) is 9.38. The molecular weight excluding hydrogens is 249 g/mol. The van der Waals surface area contributed by atoms with Crippen LogP contribution in [0.15, 0.2) is 12.1 Å². The van der Waals surface area contributed by atoms with Gasteiger partial charge in [-0.2, -0.15) is 0 Å². The van der Waals surface area contributed by atoms with E-state index in [1.54, 1.807) is 0 Å². The third kappa shape index (κ3) is 3.87. The molecule has 0 fully saturated rings. The minimum Gasteiger partial charge on any atom is -0.481 e. The maximum absolute atomic E-state index is 13.2. The largest absolute Gasteiger partial charge is 0.481 e. The van der Waals surface area contributed by atoms with Crippen molar-refractivity contribution < 1.29 is 27.9 Å². The molecule has 1 aromatic rings. The summed E-state index contributed by atoms with van der Waals surface area (Å²) in [5, 5.41) is 8.37. The first kappa shape index (κ1) is 14.2. The number of hydrogen-bond acceptors (Lipinski definition) is 2. The molecule has 0 aromatic heterocycles. The molecule has 1 N–H and O–H groups in total. The summed E-state index contributed by atoms with van der Waals surface area (Å²) in [5.41, 5.74) is -0.772. The van der Waals surface area contributed by atoms with Crippen molar-refractivity contribution in [2.24, 2.45) is 0 Å². The Hall–Kier alpha value is -1.85. The van der Waals surface area contributed by atoms with Gasteiger partial charge in [-0.15, -0.1) is 0 Å². The summed E-state index contributed by atoms with van der Waals surface area (Å²) in [6.45, 7) is 0. The third-order valence-corrected chi connectivity index (χ3v) is 2.33. The van der Waals surface area contributed by atoms with Crippen molar-refractivity contribution in [3.05, 3.63) is 35.1 Å². The van der Waals surface area contributed by atoms with Gasteiger partial charge < -0.3 is 5.11 Å². The second-order valence-electron chi connectivity index (χ2n) is 3.77. The number of carboxylic acids is 1. The van der Waals surface area contributed by atoms with E-state index in [9.17, 15) is 22.8 Å². The minimum atomic E-state index is -1.24. The van der Waals surface area contributed by atoms with Gasteiger partial charge in [0.15, 0.2) is 5.78 Å². The molecule has 18 heavy (non-hydrogen) atoms. The molecule has 98 valence electrons. The van der Waals surface area contributed by atoms with E-state index in [4.69, 9.17) is 5.11 Å². The van der Waals surface area contributed by atoms with Crippen molar-refractivity contribution in [2.75, 3.05) is 0 Å². The summed E-state index contributed by atoms with van der Waals surface area (Å²) in [4.78, 5) is 21.7. The lowest BCUT2D eigenvalue weighted by molar-refractivity contribution is -0.137. The first-order valence-electron chi connectivity index (χ1n) is 5.31. The van der Waals surface area contributed by atoms with Crippen LogP contribution in [0.3, 0.4) is 0 Å². The van der Waals surface area contributed by atoms with Crippen LogP contribution in [0.1, 0.15) is 36.0 Å². The second kappa shape index (κ2) is 6.18. The van der Waals surface area contributed by atoms with Crippen molar-refractivity contribution in [2.45, 2.75) is 25.7 Å². The number of Topliss-reactive ketones (excluding diaryl/α,β-unsaturated/α-hetero) is 1. The Morgan fingerprint density at radius 1 is 1.00 bits per heavy atom. The van der Waals surface area contributed by atoms with Crippen LogP contribution in [0.5, 0.6) is 0 Å². The Morgan fingerprint density at radius 3 is 2.00 bits per heavy atom. The van der Waals surface area contributed by atoms with Crippen LogP contribution in [-0.2, 0) is 4.79 Å². The Labute approximate surface area is 101 Å². The van der Waals surface area contributed by atoms with E-state index in [-0.39, 0.29) is 25.7 Å². The highest BCUT2D eigenvalue weighted by Crippen LogP contribution is 2.17. The topological polar surface area (TPSA) is 54.4 Å². The van der Waals surface area contributed by atoms with Crippen LogP contribution in [0.2, 0.25) is 0 Å². The number of carboxylic acid groups (broad SMARTS) is 1. The standard InChI is InChI=1S/C12H11F3O3/c13-7-5-8(14)12(9(15)6-7)10(16)3-1-2-4-11(17)18/h5-6H,1-4H2,(H,17,18). The molecule has 6 heteroatoms. The molecule has 0 bridgehead atoms. The van der Waals surface area contributed by atoms with Crippen molar-refractivity contribution in [3.63, 3.8) is 0 Å². The maximum atomic E-state index is 13.2. The first-order valence-corrected chi connectivity index (χ1v) is 5.31. The number of benzene rings is 1. The number of aliphatic carboxylic acids is 1. The van der Waals surface area contributed by atoms with Crippen LogP contribution in [0.4, 0.5) is 13.2 Å². The van der Waals surface area contributed by atoms with E-state index in [1.807, 2.05) is 0 Å². The summed E-state index contributed by atoms with van der Waals surface area (Å²) >= 11 is 0. The number of carbonyl (C=O) groups excluding carboxylic acids is 1. The molecule has 0 spiro atoms. The molecular formula is C12H11F3O3. The van der Waals surface area contributed by atoms with E-state index >= 15 is 0 Å². The molecule has 0 aliphatic carbocycles. The number of carbonyl (C=O) groups is 2. The van der Waals surface area contributed by atoms with Crippen LogP contribution in [-0.4, -0.2) is 16.9 Å². The molecule has 0 saturated heterocycles. The van der Waals surface area contributed by atoms with E-state index in [1.165, 1.54) is 0 Å². The van der Waals surface area contributed by atoms with Gasteiger partial charge in [0.25, 0.3) is 0 Å². The van der Waals surface area contributed by atoms with Gasteiger partial charge in [0.1, 0.15) is 17.5 Å². The Balaban J connectivity index is 2.65. The van der Waals surface area contributed by atoms with E-state index < -0.39 is 34.8 Å². The van der Waals surface area contributed by atoms with Crippen molar-refractivity contribution in [1.29, 1.82) is 0 Å². The number of hydrogen-bond donors (Lipinski definition) is 1. The average molecular weight is 260 g/mol. The number of ketones is 1. The highest BCUT2D eigenvalue weighted by molar-refractivity contribution is 5.96. The normalized spacial score (nSPS) is 10.4. The van der Waals surface area contributed by atoms with Gasteiger partial charge in [0.05, 0.1) is 5.56 Å². The zero-order chi connectivity index (χ0) is 13.7. The molecule has 0 amide bonds. The van der Waals surface area contributed by atoms with E-state index in [0.717, 1.165) is 0 Å². The number of unbranched alkanes of at least 4 members (excludes halogenated alkanes) is 1.